The predicted molar refractivity (Wildman–Crippen MR) is 95.6 cm³/mol. The lowest BCUT2D eigenvalue weighted by molar-refractivity contribution is 0.0966. The number of hydrogen-bond acceptors (Lipinski definition) is 3. The van der Waals surface area contributed by atoms with Crippen molar-refractivity contribution < 1.29 is 4.79 Å². The van der Waals surface area contributed by atoms with Crippen molar-refractivity contribution in [2.45, 2.75) is 25.3 Å². The summed E-state index contributed by atoms with van der Waals surface area (Å²) in [5.74, 6) is 0.860. The van der Waals surface area contributed by atoms with Gasteiger partial charge in [0.25, 0.3) is 0 Å². The van der Waals surface area contributed by atoms with Gasteiger partial charge in [0, 0.05) is 16.5 Å². The van der Waals surface area contributed by atoms with Crippen molar-refractivity contribution in [1.82, 2.24) is 14.3 Å². The first kappa shape index (κ1) is 15.8. The first-order valence-electron chi connectivity index (χ1n) is 8.17. The third kappa shape index (κ3) is 3.15. The fourth-order valence-corrected chi connectivity index (χ4v) is 2.94. The first-order valence-corrected chi connectivity index (χ1v) is 8.55. The van der Waals surface area contributed by atoms with Gasteiger partial charge in [0.05, 0.1) is 5.69 Å². The van der Waals surface area contributed by atoms with Crippen molar-refractivity contribution in [3.63, 3.8) is 0 Å². The fraction of sp³-hybridized carbons (Fsp3) is 0.211. The Labute approximate surface area is 149 Å². The molecule has 0 atom stereocenters. The Hall–Kier alpha value is -2.66. The van der Waals surface area contributed by atoms with Crippen LogP contribution in [0.2, 0.25) is 5.02 Å². The quantitative estimate of drug-likeness (QED) is 0.660. The zero-order valence-electron chi connectivity index (χ0n) is 13.4. The van der Waals surface area contributed by atoms with Gasteiger partial charge in [-0.3, -0.25) is 4.79 Å². The Kier molecular flexibility index (Phi) is 4.01. The Bertz CT molecular complexity index is 970. The molecule has 0 unspecified atom stereocenters. The van der Waals surface area contributed by atoms with Crippen LogP contribution in [-0.2, 0) is 6.54 Å². The zero-order valence-corrected chi connectivity index (χ0v) is 14.2. The lowest BCUT2D eigenvalue weighted by atomic mass is 10.1. The highest BCUT2D eigenvalue weighted by atomic mass is 35.5. The molecule has 1 saturated carbocycles. The summed E-state index contributed by atoms with van der Waals surface area (Å²) in [5.41, 5.74) is 1.01. The first-order chi connectivity index (χ1) is 12.1. The Morgan fingerprint density at radius 1 is 1.08 bits per heavy atom. The van der Waals surface area contributed by atoms with Crippen LogP contribution in [0.4, 0.5) is 0 Å². The average molecular weight is 354 g/mol. The molecular weight excluding hydrogens is 338 g/mol. The third-order valence-electron chi connectivity index (χ3n) is 4.28. The van der Waals surface area contributed by atoms with E-state index in [9.17, 15) is 9.59 Å². The highest BCUT2D eigenvalue weighted by Gasteiger charge is 2.31. The van der Waals surface area contributed by atoms with Gasteiger partial charge in [-0.2, -0.15) is 5.10 Å². The standard InChI is InChI=1S/C19H16ClN3O2/c20-15-10-8-13(9-11-15)17(24)12-22-19(25)23(16-4-2-1-3-5-16)18(21-22)14-6-7-14/h1-5,8-11,14H,6-7,12H2. The molecule has 5 nitrogen and oxygen atoms in total. The average Bonchev–Trinajstić information content (AvgIpc) is 3.42. The number of hydrogen-bond donors (Lipinski definition) is 0. The number of para-hydroxylation sites is 1. The number of carbonyl (C=O) groups is 1. The van der Waals surface area contributed by atoms with E-state index < -0.39 is 0 Å². The molecule has 6 heteroatoms. The minimum absolute atomic E-state index is 0.0833. The van der Waals surface area contributed by atoms with Crippen molar-refractivity contribution in [3.8, 4) is 5.69 Å². The van der Waals surface area contributed by atoms with Gasteiger partial charge in [0.15, 0.2) is 5.78 Å². The Morgan fingerprint density at radius 2 is 1.76 bits per heavy atom. The van der Waals surface area contributed by atoms with Crippen LogP contribution in [0.1, 0.15) is 34.9 Å². The van der Waals surface area contributed by atoms with Crippen LogP contribution in [0, 0.1) is 0 Å². The number of halogens is 1. The van der Waals surface area contributed by atoms with E-state index in [1.807, 2.05) is 30.3 Å². The van der Waals surface area contributed by atoms with Gasteiger partial charge >= 0.3 is 5.69 Å². The maximum atomic E-state index is 12.8. The zero-order chi connectivity index (χ0) is 17.4. The molecule has 25 heavy (non-hydrogen) atoms. The highest BCUT2D eigenvalue weighted by Crippen LogP contribution is 2.39. The summed E-state index contributed by atoms with van der Waals surface area (Å²) in [6.45, 7) is -0.0833. The monoisotopic (exact) mass is 353 g/mol. The van der Waals surface area contributed by atoms with Gasteiger partial charge in [-0.1, -0.05) is 29.8 Å². The minimum Gasteiger partial charge on any atom is -0.292 e. The molecule has 0 spiro atoms. The molecule has 1 aliphatic rings. The number of Topliss-reactive ketones (excluding diaryl/α,β-unsaturated/α-hetero) is 1. The molecule has 2 aromatic carbocycles. The summed E-state index contributed by atoms with van der Waals surface area (Å²) in [4.78, 5) is 25.3. The third-order valence-corrected chi connectivity index (χ3v) is 4.53. The summed E-state index contributed by atoms with van der Waals surface area (Å²) >= 11 is 5.85. The lowest BCUT2D eigenvalue weighted by Gasteiger charge is -2.03. The van der Waals surface area contributed by atoms with Crippen LogP contribution in [0.5, 0.6) is 0 Å². The molecule has 1 fully saturated rings. The van der Waals surface area contributed by atoms with Crippen LogP contribution < -0.4 is 5.69 Å². The number of ketones is 1. The largest absolute Gasteiger partial charge is 0.351 e. The molecule has 4 rings (SSSR count). The molecule has 0 radical (unpaired) electrons. The maximum Gasteiger partial charge on any atom is 0.351 e. The van der Waals surface area contributed by atoms with E-state index in [4.69, 9.17) is 11.6 Å². The number of aromatic nitrogens is 3. The summed E-state index contributed by atoms with van der Waals surface area (Å²) < 4.78 is 2.88. The molecule has 0 N–H and O–H groups in total. The van der Waals surface area contributed by atoms with E-state index in [0.29, 0.717) is 16.5 Å². The van der Waals surface area contributed by atoms with Gasteiger partial charge in [-0.15, -0.1) is 0 Å². The molecule has 0 saturated heterocycles. The SMILES string of the molecule is O=C(Cn1nc(C2CC2)n(-c2ccccc2)c1=O)c1ccc(Cl)cc1. The normalized spacial score (nSPS) is 13.8. The highest BCUT2D eigenvalue weighted by molar-refractivity contribution is 6.30. The molecule has 1 aromatic heterocycles. The van der Waals surface area contributed by atoms with Crippen LogP contribution in [0.15, 0.2) is 59.4 Å². The smallest absolute Gasteiger partial charge is 0.292 e. The van der Waals surface area contributed by atoms with Crippen molar-refractivity contribution >= 4 is 17.4 Å². The summed E-state index contributed by atoms with van der Waals surface area (Å²) in [6.07, 6.45) is 2.04. The van der Waals surface area contributed by atoms with E-state index in [1.165, 1.54) is 4.68 Å². The summed E-state index contributed by atoms with van der Waals surface area (Å²) in [6, 6.07) is 16.1. The summed E-state index contributed by atoms with van der Waals surface area (Å²) in [5, 5.41) is 5.02. The van der Waals surface area contributed by atoms with Crippen molar-refractivity contribution in [2.24, 2.45) is 0 Å². The van der Waals surface area contributed by atoms with E-state index in [-0.39, 0.29) is 18.0 Å². The molecule has 0 bridgehead atoms. The molecule has 1 aliphatic carbocycles. The molecule has 0 amide bonds. The number of rotatable bonds is 5. The number of nitrogens with zero attached hydrogens (tertiary/aromatic N) is 3. The Balaban J connectivity index is 1.70. The van der Waals surface area contributed by atoms with Gasteiger partial charge in [0.2, 0.25) is 0 Å². The predicted octanol–water partition coefficient (Wildman–Crippen LogP) is 3.45. The summed E-state index contributed by atoms with van der Waals surface area (Å²) in [7, 11) is 0. The van der Waals surface area contributed by atoms with Crippen molar-refractivity contribution in [2.75, 3.05) is 0 Å². The fourth-order valence-electron chi connectivity index (χ4n) is 2.82. The van der Waals surface area contributed by atoms with Gasteiger partial charge in [-0.05, 0) is 49.2 Å². The van der Waals surface area contributed by atoms with Gasteiger partial charge in [0.1, 0.15) is 12.4 Å². The molecular formula is C19H16ClN3O2. The molecule has 1 heterocycles. The Morgan fingerprint density at radius 3 is 2.40 bits per heavy atom. The van der Waals surface area contributed by atoms with E-state index >= 15 is 0 Å². The second kappa shape index (κ2) is 6.33. The van der Waals surface area contributed by atoms with E-state index in [1.54, 1.807) is 28.8 Å². The number of benzene rings is 2. The van der Waals surface area contributed by atoms with Crippen LogP contribution in [0.25, 0.3) is 5.69 Å². The molecule has 126 valence electrons. The second-order valence-corrected chi connectivity index (χ2v) is 6.61. The number of carbonyl (C=O) groups excluding carboxylic acids is 1. The minimum atomic E-state index is -0.282. The van der Waals surface area contributed by atoms with Gasteiger partial charge in [-0.25, -0.2) is 14.0 Å². The van der Waals surface area contributed by atoms with Crippen LogP contribution in [0.3, 0.4) is 0 Å². The lowest BCUT2D eigenvalue weighted by Crippen LogP contribution is -2.27. The van der Waals surface area contributed by atoms with Crippen molar-refractivity contribution in [3.05, 3.63) is 81.5 Å². The van der Waals surface area contributed by atoms with Crippen LogP contribution in [-0.4, -0.2) is 20.1 Å². The maximum absolute atomic E-state index is 12.8. The second-order valence-electron chi connectivity index (χ2n) is 6.17. The van der Waals surface area contributed by atoms with Gasteiger partial charge < -0.3 is 0 Å². The van der Waals surface area contributed by atoms with E-state index in [2.05, 4.69) is 5.10 Å². The van der Waals surface area contributed by atoms with Crippen LogP contribution >= 0.6 is 11.6 Å². The molecule has 3 aromatic rings. The van der Waals surface area contributed by atoms with E-state index in [0.717, 1.165) is 24.4 Å². The topological polar surface area (TPSA) is 56.9 Å². The van der Waals surface area contributed by atoms with Crippen molar-refractivity contribution in [1.29, 1.82) is 0 Å². The molecule has 0 aliphatic heterocycles.